The van der Waals surface area contributed by atoms with Crippen LogP contribution >= 0.6 is 22.9 Å². The molecule has 0 radical (unpaired) electrons. The maximum Gasteiger partial charge on any atom is 0.324 e. The molecule has 0 spiro atoms. The van der Waals surface area contributed by atoms with Crippen molar-refractivity contribution < 1.29 is 9.59 Å². The van der Waals surface area contributed by atoms with E-state index >= 15 is 0 Å². The van der Waals surface area contributed by atoms with E-state index in [1.54, 1.807) is 11.3 Å². The van der Waals surface area contributed by atoms with Crippen molar-refractivity contribution in [2.75, 3.05) is 20.1 Å². The van der Waals surface area contributed by atoms with Crippen LogP contribution in [0.25, 0.3) is 0 Å². The molecule has 3 amide bonds. The van der Waals surface area contributed by atoms with Gasteiger partial charge < -0.3 is 5.32 Å². The Bertz CT molecular complexity index is 605. The van der Waals surface area contributed by atoms with Crippen LogP contribution in [0, 0.1) is 5.92 Å². The first-order valence-corrected chi connectivity index (χ1v) is 8.66. The van der Waals surface area contributed by atoms with Gasteiger partial charge in [-0.15, -0.1) is 11.3 Å². The Morgan fingerprint density at radius 1 is 1.45 bits per heavy atom. The first-order chi connectivity index (χ1) is 10.4. The second kappa shape index (κ2) is 5.83. The number of halogens is 1. The number of nitrogens with one attached hydrogen (secondary N) is 1. The Morgan fingerprint density at radius 2 is 2.23 bits per heavy atom. The highest BCUT2D eigenvalue weighted by Crippen LogP contribution is 2.33. The fourth-order valence-corrected chi connectivity index (χ4v) is 4.53. The van der Waals surface area contributed by atoms with Crippen LogP contribution in [0.3, 0.4) is 0 Å². The molecule has 5 nitrogen and oxygen atoms in total. The largest absolute Gasteiger partial charge is 0.324 e. The molecule has 1 aromatic rings. The quantitative estimate of drug-likeness (QED) is 0.860. The summed E-state index contributed by atoms with van der Waals surface area (Å²) in [4.78, 5) is 29.0. The molecular weight excluding hydrogens is 322 g/mol. The van der Waals surface area contributed by atoms with Crippen molar-refractivity contribution in [2.24, 2.45) is 5.92 Å². The van der Waals surface area contributed by atoms with Gasteiger partial charge in [0.05, 0.1) is 4.34 Å². The van der Waals surface area contributed by atoms with Crippen LogP contribution in [0.15, 0.2) is 12.1 Å². The van der Waals surface area contributed by atoms with Gasteiger partial charge in [0.2, 0.25) is 0 Å². The Hall–Kier alpha value is -1.11. The van der Waals surface area contributed by atoms with E-state index < -0.39 is 5.54 Å². The SMILES string of the molecule is CN1C(=O)N[C@@](C)([C@@H]2CCCN(Cc3ccc(Cl)s3)C2)C1=O. The highest BCUT2D eigenvalue weighted by Gasteiger charge is 2.51. The predicted octanol–water partition coefficient (Wildman–Crippen LogP) is 2.55. The zero-order valence-corrected chi connectivity index (χ0v) is 14.3. The summed E-state index contributed by atoms with van der Waals surface area (Å²) in [6, 6.07) is 3.67. The second-order valence-corrected chi connectivity index (χ2v) is 8.08. The molecule has 0 aromatic carbocycles. The van der Waals surface area contributed by atoms with Gasteiger partial charge in [-0.1, -0.05) is 11.6 Å². The number of piperidine rings is 1. The van der Waals surface area contributed by atoms with Crippen LogP contribution in [-0.4, -0.2) is 47.4 Å². The summed E-state index contributed by atoms with van der Waals surface area (Å²) in [5, 5.41) is 2.88. The number of imide groups is 1. The third kappa shape index (κ3) is 2.75. The van der Waals surface area contributed by atoms with E-state index in [0.29, 0.717) is 0 Å². The van der Waals surface area contributed by atoms with Crippen LogP contribution < -0.4 is 5.32 Å². The van der Waals surface area contributed by atoms with Crippen LogP contribution in [-0.2, 0) is 11.3 Å². The van der Waals surface area contributed by atoms with Crippen molar-refractivity contribution in [3.8, 4) is 0 Å². The number of rotatable bonds is 3. The van der Waals surface area contributed by atoms with E-state index in [-0.39, 0.29) is 17.9 Å². The summed E-state index contributed by atoms with van der Waals surface area (Å²) in [7, 11) is 1.54. The van der Waals surface area contributed by atoms with Crippen LogP contribution in [0.5, 0.6) is 0 Å². The van der Waals surface area contributed by atoms with Gasteiger partial charge in [0.1, 0.15) is 5.54 Å². The third-order valence-electron chi connectivity index (χ3n) is 4.75. The summed E-state index contributed by atoms with van der Waals surface area (Å²) in [5.74, 6) is 0.0154. The Balaban J connectivity index is 1.70. The van der Waals surface area contributed by atoms with Gasteiger partial charge in [0, 0.05) is 30.9 Å². The van der Waals surface area contributed by atoms with E-state index in [4.69, 9.17) is 11.6 Å². The van der Waals surface area contributed by atoms with Crippen molar-refractivity contribution in [1.82, 2.24) is 15.1 Å². The monoisotopic (exact) mass is 341 g/mol. The predicted molar refractivity (Wildman–Crippen MR) is 87.0 cm³/mol. The number of amides is 3. The molecule has 120 valence electrons. The lowest BCUT2D eigenvalue weighted by atomic mass is 9.80. The van der Waals surface area contributed by atoms with Crippen LogP contribution in [0.4, 0.5) is 4.79 Å². The van der Waals surface area contributed by atoms with Crippen molar-refractivity contribution in [1.29, 1.82) is 0 Å². The van der Waals surface area contributed by atoms with Gasteiger partial charge in [-0.25, -0.2) is 4.79 Å². The molecule has 2 saturated heterocycles. The van der Waals surface area contributed by atoms with Crippen molar-refractivity contribution >= 4 is 34.9 Å². The number of thiophene rings is 1. The first kappa shape index (κ1) is 15.8. The minimum atomic E-state index is -0.780. The van der Waals surface area contributed by atoms with Gasteiger partial charge in [-0.3, -0.25) is 14.6 Å². The molecule has 1 N–H and O–H groups in total. The lowest BCUT2D eigenvalue weighted by Gasteiger charge is -2.39. The normalized spacial score (nSPS) is 30.0. The topological polar surface area (TPSA) is 52.7 Å². The van der Waals surface area contributed by atoms with E-state index in [2.05, 4.69) is 16.3 Å². The molecule has 0 saturated carbocycles. The molecule has 2 atom stereocenters. The molecule has 0 unspecified atom stereocenters. The highest BCUT2D eigenvalue weighted by molar-refractivity contribution is 7.16. The summed E-state index contributed by atoms with van der Waals surface area (Å²) in [6.07, 6.45) is 1.99. The zero-order chi connectivity index (χ0) is 15.9. The van der Waals surface area contributed by atoms with Crippen LogP contribution in [0.2, 0.25) is 4.34 Å². The maximum absolute atomic E-state index is 12.4. The van der Waals surface area contributed by atoms with E-state index in [1.807, 2.05) is 13.0 Å². The Labute approximate surface area is 139 Å². The molecule has 0 bridgehead atoms. The number of nitrogens with zero attached hydrogens (tertiary/aromatic N) is 2. The maximum atomic E-state index is 12.4. The smallest absolute Gasteiger partial charge is 0.323 e. The number of hydrogen-bond acceptors (Lipinski definition) is 4. The van der Waals surface area contributed by atoms with E-state index in [0.717, 1.165) is 36.8 Å². The number of carbonyl (C=O) groups excluding carboxylic acids is 2. The summed E-state index contributed by atoms with van der Waals surface area (Å²) in [6.45, 7) is 4.53. The number of urea groups is 1. The van der Waals surface area contributed by atoms with Crippen LogP contribution in [0.1, 0.15) is 24.6 Å². The number of carbonyl (C=O) groups is 2. The average Bonchev–Trinajstić information content (AvgIpc) is 2.98. The lowest BCUT2D eigenvalue weighted by molar-refractivity contribution is -0.132. The van der Waals surface area contributed by atoms with E-state index in [1.165, 1.54) is 16.8 Å². The molecule has 2 aliphatic heterocycles. The van der Waals surface area contributed by atoms with Gasteiger partial charge in [-0.2, -0.15) is 0 Å². The fourth-order valence-electron chi connectivity index (χ4n) is 3.40. The highest BCUT2D eigenvalue weighted by atomic mass is 35.5. The third-order valence-corrected chi connectivity index (χ3v) is 5.97. The Kier molecular flexibility index (Phi) is 4.18. The lowest BCUT2D eigenvalue weighted by Crippen LogP contribution is -2.55. The molecule has 2 aliphatic rings. The minimum absolute atomic E-state index is 0.122. The molecule has 2 fully saturated rings. The number of likely N-dealkylation sites (N-methyl/N-ethyl adjacent to an activating group) is 1. The van der Waals surface area contributed by atoms with Gasteiger partial charge >= 0.3 is 6.03 Å². The second-order valence-electron chi connectivity index (χ2n) is 6.28. The van der Waals surface area contributed by atoms with Crippen molar-refractivity contribution in [2.45, 2.75) is 31.8 Å². The van der Waals surface area contributed by atoms with Gasteiger partial charge in [0.25, 0.3) is 5.91 Å². The zero-order valence-electron chi connectivity index (χ0n) is 12.8. The minimum Gasteiger partial charge on any atom is -0.323 e. The fraction of sp³-hybridized carbons (Fsp3) is 0.600. The summed E-state index contributed by atoms with van der Waals surface area (Å²) < 4.78 is 0.801. The molecule has 3 heterocycles. The van der Waals surface area contributed by atoms with Gasteiger partial charge in [-0.05, 0) is 38.4 Å². The summed E-state index contributed by atoms with van der Waals surface area (Å²) >= 11 is 7.58. The first-order valence-electron chi connectivity index (χ1n) is 7.47. The molecule has 22 heavy (non-hydrogen) atoms. The van der Waals surface area contributed by atoms with Gasteiger partial charge in [0.15, 0.2) is 0 Å². The van der Waals surface area contributed by atoms with Crippen molar-refractivity contribution in [3.05, 3.63) is 21.3 Å². The molecule has 0 aliphatic carbocycles. The molecule has 7 heteroatoms. The number of hydrogen-bond donors (Lipinski definition) is 1. The summed E-state index contributed by atoms with van der Waals surface area (Å²) in [5.41, 5.74) is -0.780. The Morgan fingerprint density at radius 3 is 2.82 bits per heavy atom. The average molecular weight is 342 g/mol. The number of likely N-dealkylation sites (tertiary alicyclic amines) is 1. The molecule has 3 rings (SSSR count). The molecule has 1 aromatic heterocycles. The standard InChI is InChI=1S/C15H20ClN3O2S/c1-15(13(20)18(2)14(21)17-15)10-4-3-7-19(8-10)9-11-5-6-12(16)22-11/h5-6,10H,3-4,7-9H2,1-2H3,(H,17,21)/t10-,15+/m1/s1. The molecular formula is C15H20ClN3O2S. The van der Waals surface area contributed by atoms with Crippen molar-refractivity contribution in [3.63, 3.8) is 0 Å². The van der Waals surface area contributed by atoms with E-state index in [9.17, 15) is 9.59 Å².